The lowest BCUT2D eigenvalue weighted by Gasteiger charge is -2.11. The third kappa shape index (κ3) is 4.86. The number of amides is 1. The first-order valence-corrected chi connectivity index (χ1v) is 9.43. The summed E-state index contributed by atoms with van der Waals surface area (Å²) in [6.07, 6.45) is 0. The Morgan fingerprint density at radius 1 is 1.13 bits per heavy atom. The zero-order chi connectivity index (χ0) is 22.1. The highest BCUT2D eigenvalue weighted by molar-refractivity contribution is 7.81. The van der Waals surface area contributed by atoms with E-state index in [0.29, 0.717) is 0 Å². The number of ether oxygens (including phenoxy) is 1. The molecule has 0 unspecified atom stereocenters. The van der Waals surface area contributed by atoms with Crippen LogP contribution in [0.25, 0.3) is 5.69 Å². The van der Waals surface area contributed by atoms with Gasteiger partial charge in [-0.1, -0.05) is 3.89 Å². The molecule has 0 aliphatic carbocycles. The van der Waals surface area contributed by atoms with Gasteiger partial charge in [0.15, 0.2) is 0 Å². The van der Waals surface area contributed by atoms with Crippen LogP contribution in [0.15, 0.2) is 36.4 Å². The molecule has 2 aromatic carbocycles. The van der Waals surface area contributed by atoms with Gasteiger partial charge in [-0.3, -0.25) is 4.79 Å². The van der Waals surface area contributed by atoms with E-state index in [0.717, 1.165) is 28.9 Å². The third-order valence-electron chi connectivity index (χ3n) is 3.76. The third-order valence-corrected chi connectivity index (χ3v) is 4.15. The van der Waals surface area contributed by atoms with Crippen molar-refractivity contribution < 1.29 is 34.8 Å². The summed E-state index contributed by atoms with van der Waals surface area (Å²) in [7, 11) is -5.17. The second kappa shape index (κ2) is 8.02. The maximum atomic E-state index is 14.4. The fraction of sp³-hybridized carbons (Fsp3) is 0.118. The zero-order valence-electron chi connectivity index (χ0n) is 15.2. The molecule has 0 fully saturated rings. The second-order valence-corrected chi connectivity index (χ2v) is 6.84. The predicted molar refractivity (Wildman–Crippen MR) is 96.0 cm³/mol. The number of nitrogens with zero attached hydrogens (tertiary/aromatic N) is 3. The molecule has 0 saturated carbocycles. The van der Waals surface area contributed by atoms with Gasteiger partial charge in [0.2, 0.25) is 5.82 Å². The largest absolute Gasteiger partial charge is 0.489 e. The normalized spacial score (nSPS) is 11.3. The molecule has 1 aromatic heterocycles. The highest BCUT2D eigenvalue weighted by Crippen LogP contribution is 2.23. The SMILES string of the molecule is Cc1nc(C(N)=O)nn1-c1cc(F)c(COc2ccc(OS(=O)(=O)F)cc2)c(F)c1. The monoisotopic (exact) mass is 442 g/mol. The van der Waals surface area contributed by atoms with Gasteiger partial charge in [-0.25, -0.2) is 18.4 Å². The fourth-order valence-corrected chi connectivity index (χ4v) is 2.79. The lowest BCUT2D eigenvalue weighted by Crippen LogP contribution is -2.13. The Labute approximate surface area is 168 Å². The standard InChI is InChI=1S/C17H13F3N4O5S/c1-9-22-17(16(21)25)23-24(9)10-6-14(18)13(15(19)7-10)8-28-11-2-4-12(5-3-11)29-30(20,26)27/h2-7H,8H2,1H3,(H2,21,25). The van der Waals surface area contributed by atoms with Gasteiger partial charge in [-0.2, -0.15) is 8.42 Å². The van der Waals surface area contributed by atoms with Crippen LogP contribution in [0.5, 0.6) is 11.5 Å². The minimum Gasteiger partial charge on any atom is -0.489 e. The summed E-state index contributed by atoms with van der Waals surface area (Å²) in [5, 5.41) is 3.80. The molecule has 0 aliphatic heterocycles. The minimum atomic E-state index is -5.17. The molecule has 13 heteroatoms. The molecule has 2 N–H and O–H groups in total. The van der Waals surface area contributed by atoms with Gasteiger partial charge in [-0.05, 0) is 31.2 Å². The number of carbonyl (C=O) groups is 1. The molecule has 0 radical (unpaired) electrons. The number of hydrogen-bond acceptors (Lipinski definition) is 7. The molecular weight excluding hydrogens is 429 g/mol. The number of aromatic nitrogens is 3. The van der Waals surface area contributed by atoms with Crippen molar-refractivity contribution in [1.82, 2.24) is 14.8 Å². The number of nitrogens with two attached hydrogens (primary N) is 1. The van der Waals surface area contributed by atoms with Gasteiger partial charge in [0.1, 0.15) is 35.6 Å². The van der Waals surface area contributed by atoms with Gasteiger partial charge < -0.3 is 14.7 Å². The number of hydrogen-bond donors (Lipinski definition) is 1. The molecular formula is C17H13F3N4O5S. The van der Waals surface area contributed by atoms with Gasteiger partial charge in [0, 0.05) is 12.1 Å². The lowest BCUT2D eigenvalue weighted by molar-refractivity contribution is 0.0990. The number of benzene rings is 2. The summed E-state index contributed by atoms with van der Waals surface area (Å²) in [5.41, 5.74) is 4.69. The van der Waals surface area contributed by atoms with Crippen LogP contribution >= 0.6 is 0 Å². The Hall–Kier alpha value is -3.61. The summed E-state index contributed by atoms with van der Waals surface area (Å²) < 4.78 is 72.5. The van der Waals surface area contributed by atoms with Gasteiger partial charge in [0.25, 0.3) is 5.91 Å². The van der Waals surface area contributed by atoms with Crippen molar-refractivity contribution in [1.29, 1.82) is 0 Å². The van der Waals surface area contributed by atoms with Crippen LogP contribution in [0.2, 0.25) is 0 Å². The van der Waals surface area contributed by atoms with Crippen LogP contribution in [-0.2, 0) is 17.1 Å². The van der Waals surface area contributed by atoms with Crippen LogP contribution in [0.1, 0.15) is 22.0 Å². The summed E-state index contributed by atoms with van der Waals surface area (Å²) >= 11 is 0. The first kappa shape index (κ1) is 21.1. The van der Waals surface area contributed by atoms with Crippen molar-refractivity contribution in [3.8, 4) is 17.2 Å². The quantitative estimate of drug-likeness (QED) is 0.556. The van der Waals surface area contributed by atoms with Crippen molar-refractivity contribution in [2.24, 2.45) is 5.73 Å². The van der Waals surface area contributed by atoms with Crippen molar-refractivity contribution in [2.45, 2.75) is 13.5 Å². The average Bonchev–Trinajstić information content (AvgIpc) is 3.03. The first-order chi connectivity index (χ1) is 14.0. The van der Waals surface area contributed by atoms with E-state index < -0.39 is 40.2 Å². The zero-order valence-corrected chi connectivity index (χ0v) is 16.0. The van der Waals surface area contributed by atoms with Crippen LogP contribution in [-0.4, -0.2) is 29.1 Å². The van der Waals surface area contributed by atoms with E-state index in [1.165, 1.54) is 19.1 Å². The molecule has 0 atom stereocenters. The summed E-state index contributed by atoms with van der Waals surface area (Å²) in [5.74, 6) is -3.04. The molecule has 3 rings (SSSR count). The molecule has 0 aliphatic rings. The van der Waals surface area contributed by atoms with Crippen molar-refractivity contribution in [2.75, 3.05) is 0 Å². The Morgan fingerprint density at radius 2 is 1.70 bits per heavy atom. The Balaban J connectivity index is 1.77. The molecule has 0 spiro atoms. The van der Waals surface area contributed by atoms with Gasteiger partial charge in [-0.15, -0.1) is 5.10 Å². The molecule has 3 aromatic rings. The van der Waals surface area contributed by atoms with E-state index in [1.807, 2.05) is 0 Å². The van der Waals surface area contributed by atoms with E-state index in [9.17, 15) is 25.9 Å². The van der Waals surface area contributed by atoms with Crippen LogP contribution in [0, 0.1) is 18.6 Å². The van der Waals surface area contributed by atoms with Crippen molar-refractivity contribution in [3.05, 3.63) is 65.2 Å². The molecule has 1 heterocycles. The highest BCUT2D eigenvalue weighted by Gasteiger charge is 2.17. The molecule has 158 valence electrons. The molecule has 1 amide bonds. The first-order valence-electron chi connectivity index (χ1n) is 8.12. The van der Waals surface area contributed by atoms with Gasteiger partial charge in [0.05, 0.1) is 11.3 Å². The highest BCUT2D eigenvalue weighted by atomic mass is 32.3. The van der Waals surface area contributed by atoms with Gasteiger partial charge >= 0.3 is 10.5 Å². The number of aryl methyl sites for hydroxylation is 1. The smallest absolute Gasteiger partial charge is 0.488 e. The van der Waals surface area contributed by atoms with Crippen LogP contribution < -0.4 is 14.7 Å². The molecule has 0 saturated heterocycles. The predicted octanol–water partition coefficient (Wildman–Crippen LogP) is 2.12. The number of halogens is 3. The van der Waals surface area contributed by atoms with Crippen molar-refractivity contribution >= 4 is 16.4 Å². The molecule has 9 nitrogen and oxygen atoms in total. The Morgan fingerprint density at radius 3 is 2.20 bits per heavy atom. The second-order valence-electron chi connectivity index (χ2n) is 5.88. The number of primary amides is 1. The summed E-state index contributed by atoms with van der Waals surface area (Å²) in [4.78, 5) is 15.0. The van der Waals surface area contributed by atoms with E-state index >= 15 is 0 Å². The van der Waals surface area contributed by atoms with Crippen molar-refractivity contribution in [3.63, 3.8) is 0 Å². The summed E-state index contributed by atoms with van der Waals surface area (Å²) in [6.45, 7) is 0.982. The fourth-order valence-electron chi connectivity index (χ4n) is 2.45. The van der Waals surface area contributed by atoms with Crippen LogP contribution in [0.4, 0.5) is 12.7 Å². The van der Waals surface area contributed by atoms with E-state index in [-0.39, 0.29) is 28.8 Å². The van der Waals surface area contributed by atoms with E-state index in [1.54, 1.807) is 0 Å². The molecule has 0 bridgehead atoms. The lowest BCUT2D eigenvalue weighted by atomic mass is 10.2. The van der Waals surface area contributed by atoms with E-state index in [2.05, 4.69) is 14.3 Å². The Bertz CT molecular complexity index is 1190. The minimum absolute atomic E-state index is 0.0137. The maximum absolute atomic E-state index is 14.4. The summed E-state index contributed by atoms with van der Waals surface area (Å²) in [6, 6.07) is 6.64. The molecule has 30 heavy (non-hydrogen) atoms. The topological polar surface area (TPSA) is 126 Å². The maximum Gasteiger partial charge on any atom is 0.488 e. The van der Waals surface area contributed by atoms with E-state index in [4.69, 9.17) is 10.5 Å². The average molecular weight is 442 g/mol. The number of rotatable bonds is 7. The van der Waals surface area contributed by atoms with Crippen LogP contribution in [0.3, 0.4) is 0 Å². The Kier molecular flexibility index (Phi) is 5.64. The number of carbonyl (C=O) groups excluding carboxylic acids is 1.